The Morgan fingerprint density at radius 1 is 1.50 bits per heavy atom. The number of aryl methyl sites for hydroxylation is 1. The number of nitrogens with zero attached hydrogens (tertiary/aromatic N) is 4. The van der Waals surface area contributed by atoms with Crippen molar-refractivity contribution < 1.29 is 8.94 Å². The molecule has 2 aromatic rings. The number of piperazine rings is 1. The molecule has 7 heteroatoms. The molecule has 1 atom stereocenters. The predicted molar refractivity (Wildman–Crippen MR) is 62.8 cm³/mol. The minimum atomic E-state index is 0.142. The first-order valence-electron chi connectivity index (χ1n) is 5.90. The number of likely N-dealkylation sites (N-methyl/N-ethyl adjacent to an activating group) is 1. The molecule has 3 rings (SSSR count). The van der Waals surface area contributed by atoms with Crippen molar-refractivity contribution in [3.8, 4) is 11.6 Å². The monoisotopic (exact) mass is 249 g/mol. The van der Waals surface area contributed by atoms with E-state index < -0.39 is 0 Å². The number of nitrogens with one attached hydrogen (secondary N) is 1. The van der Waals surface area contributed by atoms with Gasteiger partial charge in [-0.3, -0.25) is 4.90 Å². The van der Waals surface area contributed by atoms with Crippen LogP contribution in [0.15, 0.2) is 15.3 Å². The van der Waals surface area contributed by atoms with E-state index in [-0.39, 0.29) is 6.04 Å². The van der Waals surface area contributed by atoms with Crippen LogP contribution in [0.4, 0.5) is 0 Å². The van der Waals surface area contributed by atoms with Gasteiger partial charge in [-0.25, -0.2) is 4.98 Å². The van der Waals surface area contributed by atoms with Crippen molar-refractivity contribution in [3.63, 3.8) is 0 Å². The van der Waals surface area contributed by atoms with Crippen molar-refractivity contribution in [1.29, 1.82) is 0 Å². The molecule has 96 valence electrons. The predicted octanol–water partition coefficient (Wildman–Crippen LogP) is 0.609. The van der Waals surface area contributed by atoms with Gasteiger partial charge in [0.25, 0.3) is 5.89 Å². The van der Waals surface area contributed by atoms with E-state index >= 15 is 0 Å². The highest BCUT2D eigenvalue weighted by Crippen LogP contribution is 2.23. The SMILES string of the molecule is Cc1ocnc1-c1nc(C2CNCCN2C)no1. The standard InChI is InChI=1S/C11H15N5O2/c1-7-9(13-6-17-7)11-14-10(15-18-11)8-5-12-3-4-16(8)2/h6,8,12H,3-5H2,1-2H3. The summed E-state index contributed by atoms with van der Waals surface area (Å²) in [5.74, 6) is 1.78. The highest BCUT2D eigenvalue weighted by Gasteiger charge is 2.26. The van der Waals surface area contributed by atoms with Crippen molar-refractivity contribution in [2.45, 2.75) is 13.0 Å². The molecule has 7 nitrogen and oxygen atoms in total. The Morgan fingerprint density at radius 3 is 3.11 bits per heavy atom. The van der Waals surface area contributed by atoms with Gasteiger partial charge in [-0.15, -0.1) is 0 Å². The van der Waals surface area contributed by atoms with Crippen LogP contribution in [-0.4, -0.2) is 46.7 Å². The van der Waals surface area contributed by atoms with Crippen LogP contribution >= 0.6 is 0 Å². The number of hydrogen-bond acceptors (Lipinski definition) is 7. The van der Waals surface area contributed by atoms with Gasteiger partial charge in [0.2, 0.25) is 0 Å². The van der Waals surface area contributed by atoms with Crippen LogP contribution in [0.5, 0.6) is 0 Å². The first kappa shape index (κ1) is 11.4. The molecule has 1 N–H and O–H groups in total. The van der Waals surface area contributed by atoms with E-state index in [0.29, 0.717) is 23.2 Å². The minimum Gasteiger partial charge on any atom is -0.448 e. The summed E-state index contributed by atoms with van der Waals surface area (Å²) in [7, 11) is 2.06. The molecule has 3 heterocycles. The lowest BCUT2D eigenvalue weighted by Crippen LogP contribution is -2.44. The maximum atomic E-state index is 5.25. The fraction of sp³-hybridized carbons (Fsp3) is 0.545. The fourth-order valence-electron chi connectivity index (χ4n) is 2.07. The average molecular weight is 249 g/mol. The summed E-state index contributed by atoms with van der Waals surface area (Å²) < 4.78 is 10.4. The van der Waals surface area contributed by atoms with Gasteiger partial charge in [-0.05, 0) is 14.0 Å². The van der Waals surface area contributed by atoms with Crippen molar-refractivity contribution in [3.05, 3.63) is 18.0 Å². The third kappa shape index (κ3) is 1.91. The maximum Gasteiger partial charge on any atom is 0.280 e. The van der Waals surface area contributed by atoms with E-state index in [1.807, 2.05) is 6.92 Å². The molecule has 0 aromatic carbocycles. The average Bonchev–Trinajstić information content (AvgIpc) is 2.98. The van der Waals surface area contributed by atoms with Crippen molar-refractivity contribution in [2.75, 3.05) is 26.7 Å². The third-order valence-electron chi connectivity index (χ3n) is 3.20. The van der Waals surface area contributed by atoms with Crippen LogP contribution < -0.4 is 5.32 Å². The second kappa shape index (κ2) is 4.51. The Kier molecular flexibility index (Phi) is 2.85. The summed E-state index contributed by atoms with van der Waals surface area (Å²) >= 11 is 0. The molecule has 1 unspecified atom stereocenters. The van der Waals surface area contributed by atoms with Gasteiger partial charge in [0.1, 0.15) is 5.76 Å². The first-order valence-corrected chi connectivity index (χ1v) is 5.90. The van der Waals surface area contributed by atoms with E-state index in [1.165, 1.54) is 6.39 Å². The maximum absolute atomic E-state index is 5.25. The molecule has 0 amide bonds. The van der Waals surface area contributed by atoms with Crippen LogP contribution in [0.2, 0.25) is 0 Å². The van der Waals surface area contributed by atoms with Crippen LogP contribution in [0.3, 0.4) is 0 Å². The van der Waals surface area contributed by atoms with E-state index in [0.717, 1.165) is 19.6 Å². The molecule has 0 saturated carbocycles. The largest absolute Gasteiger partial charge is 0.448 e. The van der Waals surface area contributed by atoms with Crippen molar-refractivity contribution in [1.82, 2.24) is 25.3 Å². The zero-order valence-electron chi connectivity index (χ0n) is 10.4. The van der Waals surface area contributed by atoms with Gasteiger partial charge >= 0.3 is 0 Å². The molecule has 18 heavy (non-hydrogen) atoms. The van der Waals surface area contributed by atoms with E-state index in [4.69, 9.17) is 8.94 Å². The lowest BCUT2D eigenvalue weighted by atomic mass is 10.2. The van der Waals surface area contributed by atoms with Crippen LogP contribution in [0.25, 0.3) is 11.6 Å². The zero-order chi connectivity index (χ0) is 12.5. The molecular weight excluding hydrogens is 234 g/mol. The lowest BCUT2D eigenvalue weighted by molar-refractivity contribution is 0.190. The smallest absolute Gasteiger partial charge is 0.280 e. The highest BCUT2D eigenvalue weighted by atomic mass is 16.5. The number of aromatic nitrogens is 3. The summed E-state index contributed by atoms with van der Waals surface area (Å²) in [5, 5.41) is 7.36. The van der Waals surface area contributed by atoms with E-state index in [1.54, 1.807) is 0 Å². The second-order valence-corrected chi connectivity index (χ2v) is 4.42. The molecule has 0 aliphatic carbocycles. The number of oxazole rings is 1. The van der Waals surface area contributed by atoms with Crippen LogP contribution in [-0.2, 0) is 0 Å². The molecule has 0 spiro atoms. The summed E-state index contributed by atoms with van der Waals surface area (Å²) in [6.45, 7) is 4.60. The molecular formula is C11H15N5O2. The molecule has 1 fully saturated rings. The molecule has 0 radical (unpaired) electrons. The van der Waals surface area contributed by atoms with Gasteiger partial charge in [0, 0.05) is 19.6 Å². The Hall–Kier alpha value is -1.73. The Bertz CT molecular complexity index is 535. The molecule has 1 aliphatic heterocycles. The normalized spacial score (nSPS) is 21.3. The van der Waals surface area contributed by atoms with E-state index in [9.17, 15) is 0 Å². The molecule has 1 saturated heterocycles. The number of rotatable bonds is 2. The quantitative estimate of drug-likeness (QED) is 0.835. The van der Waals surface area contributed by atoms with Crippen LogP contribution in [0.1, 0.15) is 17.6 Å². The van der Waals surface area contributed by atoms with Gasteiger partial charge < -0.3 is 14.3 Å². The highest BCUT2D eigenvalue weighted by molar-refractivity contribution is 5.48. The third-order valence-corrected chi connectivity index (χ3v) is 3.20. The zero-order valence-corrected chi connectivity index (χ0v) is 10.4. The van der Waals surface area contributed by atoms with Gasteiger partial charge in [-0.1, -0.05) is 5.16 Å². The Balaban J connectivity index is 1.87. The number of hydrogen-bond donors (Lipinski definition) is 1. The minimum absolute atomic E-state index is 0.142. The summed E-state index contributed by atoms with van der Waals surface area (Å²) in [4.78, 5) is 10.7. The molecule has 0 bridgehead atoms. The summed E-state index contributed by atoms with van der Waals surface area (Å²) in [6, 6.07) is 0.142. The molecule has 1 aliphatic rings. The summed E-state index contributed by atoms with van der Waals surface area (Å²) in [5.41, 5.74) is 0.611. The van der Waals surface area contributed by atoms with Crippen molar-refractivity contribution >= 4 is 0 Å². The van der Waals surface area contributed by atoms with E-state index in [2.05, 4.69) is 32.4 Å². The van der Waals surface area contributed by atoms with Crippen molar-refractivity contribution in [2.24, 2.45) is 0 Å². The summed E-state index contributed by atoms with van der Waals surface area (Å²) in [6.07, 6.45) is 1.38. The second-order valence-electron chi connectivity index (χ2n) is 4.42. The topological polar surface area (TPSA) is 80.2 Å². The van der Waals surface area contributed by atoms with Gasteiger partial charge in [0.15, 0.2) is 17.9 Å². The lowest BCUT2D eigenvalue weighted by Gasteiger charge is -2.30. The van der Waals surface area contributed by atoms with Crippen LogP contribution in [0, 0.1) is 6.92 Å². The first-order chi connectivity index (χ1) is 8.75. The Morgan fingerprint density at radius 2 is 2.39 bits per heavy atom. The van der Waals surface area contributed by atoms with Gasteiger partial charge in [-0.2, -0.15) is 4.98 Å². The van der Waals surface area contributed by atoms with Gasteiger partial charge in [0.05, 0.1) is 6.04 Å². The Labute approximate surface area is 104 Å². The molecule has 2 aromatic heterocycles. The fourth-order valence-corrected chi connectivity index (χ4v) is 2.07.